The van der Waals surface area contributed by atoms with Gasteiger partial charge in [-0.1, -0.05) is 73.0 Å². The van der Waals surface area contributed by atoms with Crippen LogP contribution in [0, 0.1) is 0 Å². The Hall–Kier alpha value is -0.360. The largest absolute Gasteiger partial charge is 0.481 e. The highest BCUT2D eigenvalue weighted by atomic mass is 33.1. The minimum atomic E-state index is -0.679. The molecule has 6 heteroatoms. The molecule has 0 aromatic heterocycles. The standard InChI is InChI=1S/C18H34O4S2/c19-17(20)13-9-5-1-3-7-11-15-23-24-16-12-8-4-2-6-10-14-18(21)22/h1-16H2,(H,19,20)(H,21,22). The first-order valence-electron chi connectivity index (χ1n) is 9.31. The van der Waals surface area contributed by atoms with E-state index >= 15 is 0 Å². The van der Waals surface area contributed by atoms with Crippen molar-refractivity contribution in [2.75, 3.05) is 11.5 Å². The average molecular weight is 379 g/mol. The van der Waals surface area contributed by atoms with Crippen LogP contribution in [0.25, 0.3) is 0 Å². The highest BCUT2D eigenvalue weighted by Gasteiger charge is 1.98. The molecule has 2 N–H and O–H groups in total. The highest BCUT2D eigenvalue weighted by molar-refractivity contribution is 8.76. The van der Waals surface area contributed by atoms with Crippen molar-refractivity contribution in [2.24, 2.45) is 0 Å². The van der Waals surface area contributed by atoms with Crippen molar-refractivity contribution in [1.29, 1.82) is 0 Å². The molecule has 4 nitrogen and oxygen atoms in total. The Kier molecular flexibility index (Phi) is 18.7. The minimum Gasteiger partial charge on any atom is -0.481 e. The van der Waals surface area contributed by atoms with Gasteiger partial charge in [0.05, 0.1) is 0 Å². The maximum Gasteiger partial charge on any atom is 0.303 e. The molecule has 0 unspecified atom stereocenters. The van der Waals surface area contributed by atoms with Gasteiger partial charge in [-0.05, 0) is 25.7 Å². The summed E-state index contributed by atoms with van der Waals surface area (Å²) in [5.74, 6) is 1.08. The third-order valence-corrected chi connectivity index (χ3v) is 6.40. The molecule has 0 fully saturated rings. The van der Waals surface area contributed by atoms with Crippen molar-refractivity contribution >= 4 is 33.5 Å². The SMILES string of the molecule is O=C(O)CCCCCCCCSSCCCCCCCCC(=O)O. The van der Waals surface area contributed by atoms with E-state index in [1.807, 2.05) is 21.6 Å². The second-order valence-corrected chi connectivity index (χ2v) is 8.88. The van der Waals surface area contributed by atoms with E-state index in [0.717, 1.165) is 38.5 Å². The van der Waals surface area contributed by atoms with Crippen molar-refractivity contribution in [3.05, 3.63) is 0 Å². The number of hydrogen-bond acceptors (Lipinski definition) is 4. The maximum atomic E-state index is 10.4. The second kappa shape index (κ2) is 19.0. The molecule has 0 aliphatic heterocycles. The molecule has 0 aromatic rings. The van der Waals surface area contributed by atoms with E-state index in [2.05, 4.69) is 0 Å². The third-order valence-electron chi connectivity index (χ3n) is 3.82. The Morgan fingerprint density at radius 3 is 1.12 bits per heavy atom. The second-order valence-electron chi connectivity index (χ2n) is 6.17. The summed E-state index contributed by atoms with van der Waals surface area (Å²) >= 11 is 0. The molecule has 0 radical (unpaired) electrons. The van der Waals surface area contributed by atoms with E-state index in [4.69, 9.17) is 10.2 Å². The van der Waals surface area contributed by atoms with Crippen LogP contribution in [0.2, 0.25) is 0 Å². The van der Waals surface area contributed by atoms with Gasteiger partial charge in [-0.25, -0.2) is 0 Å². The van der Waals surface area contributed by atoms with Crippen molar-refractivity contribution in [2.45, 2.75) is 89.9 Å². The van der Waals surface area contributed by atoms with Gasteiger partial charge >= 0.3 is 11.9 Å². The number of carbonyl (C=O) groups is 2. The maximum absolute atomic E-state index is 10.4. The first-order valence-corrected chi connectivity index (χ1v) is 11.8. The summed E-state index contributed by atoms with van der Waals surface area (Å²) in [5.41, 5.74) is 0. The molecule has 0 saturated carbocycles. The molecule has 0 aliphatic carbocycles. The lowest BCUT2D eigenvalue weighted by molar-refractivity contribution is -0.138. The summed E-state index contributed by atoms with van der Waals surface area (Å²) in [6.45, 7) is 0. The van der Waals surface area contributed by atoms with E-state index in [1.54, 1.807) is 0 Å². The zero-order valence-corrected chi connectivity index (χ0v) is 16.5. The van der Waals surface area contributed by atoms with E-state index in [-0.39, 0.29) is 0 Å². The summed E-state index contributed by atoms with van der Waals surface area (Å²) in [6, 6.07) is 0. The van der Waals surface area contributed by atoms with E-state index in [0.29, 0.717) is 12.8 Å². The van der Waals surface area contributed by atoms with Gasteiger partial charge in [0.1, 0.15) is 0 Å². The third kappa shape index (κ3) is 21.6. The molecule has 0 atom stereocenters. The van der Waals surface area contributed by atoms with Gasteiger partial charge < -0.3 is 10.2 Å². The fourth-order valence-corrected chi connectivity index (χ4v) is 4.70. The quantitative estimate of drug-likeness (QED) is 0.212. The van der Waals surface area contributed by atoms with Crippen molar-refractivity contribution in [3.63, 3.8) is 0 Å². The molecular weight excluding hydrogens is 344 g/mol. The zero-order valence-electron chi connectivity index (χ0n) is 14.8. The summed E-state index contributed by atoms with van der Waals surface area (Å²) in [6.07, 6.45) is 14.2. The van der Waals surface area contributed by atoms with Gasteiger partial charge in [-0.2, -0.15) is 0 Å². The molecule has 0 bridgehead atoms. The summed E-state index contributed by atoms with van der Waals surface area (Å²) in [5, 5.41) is 17.1. The molecule has 0 saturated heterocycles. The van der Waals surface area contributed by atoms with Gasteiger partial charge in [-0.15, -0.1) is 0 Å². The van der Waals surface area contributed by atoms with E-state index in [9.17, 15) is 9.59 Å². The van der Waals surface area contributed by atoms with Crippen LogP contribution in [-0.4, -0.2) is 33.7 Å². The first kappa shape index (κ1) is 23.6. The van der Waals surface area contributed by atoms with Crippen molar-refractivity contribution in [3.8, 4) is 0 Å². The van der Waals surface area contributed by atoms with Crippen LogP contribution in [0.3, 0.4) is 0 Å². The molecule has 0 aromatic carbocycles. The smallest absolute Gasteiger partial charge is 0.303 e. The molecule has 0 aliphatic rings. The Balaban J connectivity index is 3.00. The fraction of sp³-hybridized carbons (Fsp3) is 0.889. The number of carboxylic acids is 2. The van der Waals surface area contributed by atoms with Gasteiger partial charge in [0.15, 0.2) is 0 Å². The van der Waals surface area contributed by atoms with E-state index < -0.39 is 11.9 Å². The number of hydrogen-bond donors (Lipinski definition) is 2. The lowest BCUT2D eigenvalue weighted by atomic mass is 10.1. The molecule has 24 heavy (non-hydrogen) atoms. The monoisotopic (exact) mass is 378 g/mol. The fourth-order valence-electron chi connectivity index (χ4n) is 2.41. The topological polar surface area (TPSA) is 74.6 Å². The summed E-state index contributed by atoms with van der Waals surface area (Å²) < 4.78 is 0. The number of aliphatic carboxylic acids is 2. The van der Waals surface area contributed by atoms with Crippen LogP contribution in [0.1, 0.15) is 89.9 Å². The Bertz CT molecular complexity index is 281. The molecule has 0 rings (SSSR count). The van der Waals surface area contributed by atoms with Crippen LogP contribution in [0.5, 0.6) is 0 Å². The molecule has 142 valence electrons. The molecule has 0 amide bonds. The lowest BCUT2D eigenvalue weighted by Crippen LogP contribution is -1.93. The van der Waals surface area contributed by atoms with Gasteiger partial charge in [0.25, 0.3) is 0 Å². The van der Waals surface area contributed by atoms with Gasteiger partial charge in [-0.3, -0.25) is 9.59 Å². The van der Waals surface area contributed by atoms with Crippen molar-refractivity contribution < 1.29 is 19.8 Å². The predicted molar refractivity (Wildman–Crippen MR) is 105 cm³/mol. The Labute approximate surface area is 155 Å². The number of rotatable bonds is 19. The zero-order chi connectivity index (χ0) is 17.9. The van der Waals surface area contributed by atoms with E-state index in [1.165, 1.54) is 50.0 Å². The van der Waals surface area contributed by atoms with Gasteiger partial charge in [0.2, 0.25) is 0 Å². The molecular formula is C18H34O4S2. The lowest BCUT2D eigenvalue weighted by Gasteiger charge is -2.03. The first-order chi connectivity index (χ1) is 11.6. The van der Waals surface area contributed by atoms with Crippen molar-refractivity contribution in [1.82, 2.24) is 0 Å². The number of carboxylic acid groups (broad SMARTS) is 2. The van der Waals surface area contributed by atoms with Crippen LogP contribution < -0.4 is 0 Å². The van der Waals surface area contributed by atoms with Crippen LogP contribution in [-0.2, 0) is 9.59 Å². The van der Waals surface area contributed by atoms with Crippen LogP contribution in [0.4, 0.5) is 0 Å². The highest BCUT2D eigenvalue weighted by Crippen LogP contribution is 2.24. The Morgan fingerprint density at radius 2 is 0.792 bits per heavy atom. The Morgan fingerprint density at radius 1 is 0.500 bits per heavy atom. The van der Waals surface area contributed by atoms with Gasteiger partial charge in [0, 0.05) is 24.3 Å². The van der Waals surface area contributed by atoms with Crippen LogP contribution >= 0.6 is 21.6 Å². The minimum absolute atomic E-state index is 0.314. The van der Waals surface area contributed by atoms with Crippen LogP contribution in [0.15, 0.2) is 0 Å². The summed E-state index contributed by atoms with van der Waals surface area (Å²) in [4.78, 5) is 20.7. The normalized spacial score (nSPS) is 10.8. The average Bonchev–Trinajstić information content (AvgIpc) is 2.53. The predicted octanol–water partition coefficient (Wildman–Crippen LogP) is 6.00. The summed E-state index contributed by atoms with van der Waals surface area (Å²) in [7, 11) is 3.95. The molecule has 0 heterocycles. The number of unbranched alkanes of at least 4 members (excludes halogenated alkanes) is 10. The molecule has 0 spiro atoms.